The third-order valence-electron chi connectivity index (χ3n) is 4.33. The molecule has 156 valence electrons. The van der Waals surface area contributed by atoms with Gasteiger partial charge < -0.3 is 5.32 Å². The highest BCUT2D eigenvalue weighted by Gasteiger charge is 2.36. The first kappa shape index (κ1) is 21.6. The topological polar surface area (TPSA) is 66.5 Å². The first-order valence-electron chi connectivity index (χ1n) is 8.99. The summed E-state index contributed by atoms with van der Waals surface area (Å²) >= 11 is 0.710. The minimum absolute atomic E-state index is 0.0756. The van der Waals surface area contributed by atoms with E-state index in [9.17, 15) is 27.6 Å². The van der Waals surface area contributed by atoms with Gasteiger partial charge in [0.2, 0.25) is 5.91 Å². The fourth-order valence-corrected chi connectivity index (χ4v) is 3.59. The van der Waals surface area contributed by atoms with Crippen molar-refractivity contribution in [2.24, 2.45) is 0 Å². The molecule has 5 nitrogen and oxygen atoms in total. The van der Waals surface area contributed by atoms with Crippen LogP contribution in [0.25, 0.3) is 6.08 Å². The van der Waals surface area contributed by atoms with Crippen molar-refractivity contribution in [1.29, 1.82) is 0 Å². The van der Waals surface area contributed by atoms with E-state index in [-0.39, 0.29) is 10.6 Å². The Labute approximate surface area is 174 Å². The van der Waals surface area contributed by atoms with E-state index in [0.717, 1.165) is 40.6 Å². The first-order chi connectivity index (χ1) is 14.2. The quantitative estimate of drug-likeness (QED) is 0.677. The minimum Gasteiger partial charge on any atom is -0.325 e. The minimum atomic E-state index is -4.55. The van der Waals surface area contributed by atoms with Gasteiger partial charge >= 0.3 is 6.18 Å². The number of benzene rings is 2. The molecule has 0 radical (unpaired) electrons. The van der Waals surface area contributed by atoms with Gasteiger partial charge in [-0.2, -0.15) is 13.2 Å². The Morgan fingerprint density at radius 3 is 2.47 bits per heavy atom. The summed E-state index contributed by atoms with van der Waals surface area (Å²) < 4.78 is 38.3. The van der Waals surface area contributed by atoms with E-state index in [1.54, 1.807) is 6.08 Å². The van der Waals surface area contributed by atoms with Crippen molar-refractivity contribution in [3.8, 4) is 0 Å². The number of anilines is 1. The normalized spacial score (nSPS) is 15.7. The summed E-state index contributed by atoms with van der Waals surface area (Å²) in [6, 6.07) is 11.6. The molecule has 0 saturated carbocycles. The molecule has 0 aliphatic carbocycles. The number of rotatable bonds is 5. The Morgan fingerprint density at radius 1 is 1.13 bits per heavy atom. The van der Waals surface area contributed by atoms with E-state index < -0.39 is 35.3 Å². The Balaban J connectivity index is 1.68. The molecular formula is C21H17F3N2O3S. The van der Waals surface area contributed by atoms with Gasteiger partial charge in [-0.3, -0.25) is 19.3 Å². The van der Waals surface area contributed by atoms with Crippen LogP contribution in [-0.4, -0.2) is 28.5 Å². The standard InChI is InChI=1S/C21H17F3N2O3S/c1-2-13-6-8-14(9-7-13)10-17-19(28)26(20(29)30-17)12-18(27)25-16-5-3-4-15(11-16)21(22,23)24/h3-11H,2,12H2,1H3,(H,25,27)/b17-10-. The largest absolute Gasteiger partial charge is 0.416 e. The molecule has 3 rings (SSSR count). The maximum atomic E-state index is 12.8. The zero-order valence-corrected chi connectivity index (χ0v) is 16.6. The molecular weight excluding hydrogens is 417 g/mol. The van der Waals surface area contributed by atoms with Crippen molar-refractivity contribution < 1.29 is 27.6 Å². The summed E-state index contributed by atoms with van der Waals surface area (Å²) in [5.41, 5.74) is 0.884. The number of nitrogens with one attached hydrogen (secondary N) is 1. The van der Waals surface area contributed by atoms with Crippen LogP contribution in [0.2, 0.25) is 0 Å². The molecule has 0 aromatic heterocycles. The number of hydrogen-bond acceptors (Lipinski definition) is 4. The predicted molar refractivity (Wildman–Crippen MR) is 109 cm³/mol. The lowest BCUT2D eigenvalue weighted by atomic mass is 10.1. The molecule has 3 amide bonds. The van der Waals surface area contributed by atoms with Crippen LogP contribution in [-0.2, 0) is 22.2 Å². The number of carbonyl (C=O) groups excluding carboxylic acids is 3. The molecule has 1 heterocycles. The van der Waals surface area contributed by atoms with Crippen LogP contribution in [0.3, 0.4) is 0 Å². The number of thioether (sulfide) groups is 1. The Hall–Kier alpha value is -3.07. The molecule has 9 heteroatoms. The molecule has 30 heavy (non-hydrogen) atoms. The van der Waals surface area contributed by atoms with E-state index >= 15 is 0 Å². The first-order valence-corrected chi connectivity index (χ1v) is 9.80. The van der Waals surface area contributed by atoms with E-state index in [0.29, 0.717) is 11.8 Å². The lowest BCUT2D eigenvalue weighted by molar-refractivity contribution is -0.137. The Morgan fingerprint density at radius 2 is 1.83 bits per heavy atom. The highest BCUT2D eigenvalue weighted by molar-refractivity contribution is 8.18. The molecule has 0 atom stereocenters. The Kier molecular flexibility index (Phi) is 6.31. The van der Waals surface area contributed by atoms with Gasteiger partial charge in [0.1, 0.15) is 6.54 Å². The van der Waals surface area contributed by atoms with E-state index in [2.05, 4.69) is 5.32 Å². The van der Waals surface area contributed by atoms with Crippen LogP contribution < -0.4 is 5.32 Å². The monoisotopic (exact) mass is 434 g/mol. The second-order valence-electron chi connectivity index (χ2n) is 6.49. The summed E-state index contributed by atoms with van der Waals surface area (Å²) in [5, 5.41) is 1.67. The lowest BCUT2D eigenvalue weighted by Crippen LogP contribution is -2.36. The van der Waals surface area contributed by atoms with Gasteiger partial charge in [-0.05, 0) is 53.6 Å². The highest BCUT2D eigenvalue weighted by atomic mass is 32.2. The van der Waals surface area contributed by atoms with Crippen molar-refractivity contribution >= 4 is 40.6 Å². The maximum absolute atomic E-state index is 12.8. The summed E-state index contributed by atoms with van der Waals surface area (Å²) in [4.78, 5) is 37.8. The van der Waals surface area contributed by atoms with Gasteiger partial charge in [0.05, 0.1) is 10.5 Å². The Bertz CT molecular complexity index is 1020. The van der Waals surface area contributed by atoms with Gasteiger partial charge in [0.25, 0.3) is 11.1 Å². The van der Waals surface area contributed by atoms with Gasteiger partial charge in [-0.15, -0.1) is 0 Å². The van der Waals surface area contributed by atoms with E-state index in [1.165, 1.54) is 6.07 Å². The van der Waals surface area contributed by atoms with E-state index in [4.69, 9.17) is 0 Å². The number of amides is 3. The predicted octanol–water partition coefficient (Wildman–Crippen LogP) is 4.94. The van der Waals surface area contributed by atoms with Crippen LogP contribution in [0.4, 0.5) is 23.7 Å². The fourth-order valence-electron chi connectivity index (χ4n) is 2.75. The van der Waals surface area contributed by atoms with Crippen molar-refractivity contribution in [3.05, 3.63) is 70.1 Å². The van der Waals surface area contributed by atoms with Crippen LogP contribution in [0.5, 0.6) is 0 Å². The van der Waals surface area contributed by atoms with Crippen LogP contribution in [0.1, 0.15) is 23.6 Å². The van der Waals surface area contributed by atoms with Gasteiger partial charge in [-0.25, -0.2) is 0 Å². The number of carbonyl (C=O) groups is 3. The maximum Gasteiger partial charge on any atom is 0.416 e. The van der Waals surface area contributed by atoms with Crippen molar-refractivity contribution in [2.45, 2.75) is 19.5 Å². The van der Waals surface area contributed by atoms with Gasteiger partial charge in [0.15, 0.2) is 0 Å². The third-order valence-corrected chi connectivity index (χ3v) is 5.24. The number of imide groups is 1. The average Bonchev–Trinajstić information content (AvgIpc) is 2.95. The van der Waals surface area contributed by atoms with E-state index in [1.807, 2.05) is 31.2 Å². The second kappa shape index (κ2) is 8.74. The lowest BCUT2D eigenvalue weighted by Gasteiger charge is -2.13. The molecule has 0 unspecified atom stereocenters. The molecule has 0 spiro atoms. The van der Waals surface area contributed by atoms with Gasteiger partial charge in [-0.1, -0.05) is 37.3 Å². The third kappa shape index (κ3) is 5.10. The van der Waals surface area contributed by atoms with Crippen LogP contribution in [0.15, 0.2) is 53.4 Å². The van der Waals surface area contributed by atoms with Crippen molar-refractivity contribution in [2.75, 3.05) is 11.9 Å². The molecule has 0 bridgehead atoms. The molecule has 2 aromatic carbocycles. The highest BCUT2D eigenvalue weighted by Crippen LogP contribution is 2.33. The number of hydrogen-bond donors (Lipinski definition) is 1. The number of alkyl halides is 3. The molecule has 1 aliphatic rings. The molecule has 1 aliphatic heterocycles. The SMILES string of the molecule is CCc1ccc(/C=C2\SC(=O)N(CC(=O)Nc3cccc(C(F)(F)F)c3)C2=O)cc1. The molecule has 2 aromatic rings. The average molecular weight is 434 g/mol. The summed E-state index contributed by atoms with van der Waals surface area (Å²) in [6.45, 7) is 1.43. The number of aryl methyl sites for hydroxylation is 1. The van der Waals surface area contributed by atoms with Crippen LogP contribution >= 0.6 is 11.8 Å². The smallest absolute Gasteiger partial charge is 0.325 e. The number of nitrogens with zero attached hydrogens (tertiary/aromatic N) is 1. The molecule has 1 N–H and O–H groups in total. The summed E-state index contributed by atoms with van der Waals surface area (Å²) in [7, 11) is 0. The zero-order chi connectivity index (χ0) is 21.9. The summed E-state index contributed by atoms with van der Waals surface area (Å²) in [5.74, 6) is -1.39. The van der Waals surface area contributed by atoms with Crippen LogP contribution in [0, 0.1) is 0 Å². The molecule has 1 fully saturated rings. The summed E-state index contributed by atoms with van der Waals surface area (Å²) in [6.07, 6.45) is -2.11. The van der Waals surface area contributed by atoms with Crippen molar-refractivity contribution in [3.63, 3.8) is 0 Å². The van der Waals surface area contributed by atoms with Crippen molar-refractivity contribution in [1.82, 2.24) is 4.90 Å². The van der Waals surface area contributed by atoms with Gasteiger partial charge in [0, 0.05) is 5.69 Å². The fraction of sp³-hybridized carbons (Fsp3) is 0.190. The second-order valence-corrected chi connectivity index (χ2v) is 7.48. The number of halogens is 3. The molecule has 1 saturated heterocycles. The zero-order valence-electron chi connectivity index (χ0n) is 15.8.